The van der Waals surface area contributed by atoms with E-state index in [0.717, 1.165) is 25.3 Å². The van der Waals surface area contributed by atoms with E-state index in [-0.39, 0.29) is 0 Å². The van der Waals surface area contributed by atoms with Crippen molar-refractivity contribution in [2.75, 3.05) is 6.54 Å². The minimum Gasteiger partial charge on any atom is -0.451 e. The van der Waals surface area contributed by atoms with E-state index in [4.69, 9.17) is 4.42 Å². The van der Waals surface area contributed by atoms with Gasteiger partial charge in [0.1, 0.15) is 6.26 Å². The predicted octanol–water partition coefficient (Wildman–Crippen LogP) is 3.82. The lowest BCUT2D eigenvalue weighted by atomic mass is 9.84. The first-order valence-electron chi connectivity index (χ1n) is 7.62. The van der Waals surface area contributed by atoms with E-state index in [1.165, 1.54) is 23.1 Å². The fraction of sp³-hybridized carbons (Fsp3) is 0.211. The van der Waals surface area contributed by atoms with Gasteiger partial charge in [0.05, 0.1) is 5.69 Å². The molecule has 0 amide bonds. The summed E-state index contributed by atoms with van der Waals surface area (Å²) in [5.74, 6) is 0.415. The summed E-state index contributed by atoms with van der Waals surface area (Å²) in [4.78, 5) is 6.70. The Balaban J connectivity index is 1.67. The summed E-state index contributed by atoms with van der Waals surface area (Å²) >= 11 is 0. The van der Waals surface area contributed by atoms with Crippen molar-refractivity contribution in [2.24, 2.45) is 0 Å². The second-order valence-electron chi connectivity index (χ2n) is 5.81. The van der Waals surface area contributed by atoms with Crippen molar-refractivity contribution >= 4 is 0 Å². The summed E-state index contributed by atoms with van der Waals surface area (Å²) < 4.78 is 5.10. The Bertz CT molecular complexity index is 737. The van der Waals surface area contributed by atoms with Gasteiger partial charge in [-0.1, -0.05) is 54.6 Å². The first-order valence-corrected chi connectivity index (χ1v) is 7.62. The largest absolute Gasteiger partial charge is 0.451 e. The quantitative estimate of drug-likeness (QED) is 0.734. The van der Waals surface area contributed by atoms with Crippen LogP contribution in [0.2, 0.25) is 0 Å². The van der Waals surface area contributed by atoms with Crippen molar-refractivity contribution in [2.45, 2.75) is 19.0 Å². The molecule has 2 heterocycles. The number of rotatable bonds is 3. The minimum atomic E-state index is 0.415. The molecule has 2 aromatic carbocycles. The highest BCUT2D eigenvalue weighted by Gasteiger charge is 2.26. The van der Waals surface area contributed by atoms with E-state index < -0.39 is 0 Å². The van der Waals surface area contributed by atoms with E-state index in [1.54, 1.807) is 6.26 Å². The third kappa shape index (κ3) is 2.55. The summed E-state index contributed by atoms with van der Waals surface area (Å²) in [6.07, 6.45) is 3.24. The maximum Gasteiger partial charge on any atom is 0.180 e. The Morgan fingerprint density at radius 3 is 2.68 bits per heavy atom. The molecule has 0 aliphatic carbocycles. The highest BCUT2D eigenvalue weighted by Crippen LogP contribution is 2.33. The fourth-order valence-electron chi connectivity index (χ4n) is 3.32. The van der Waals surface area contributed by atoms with Crippen LogP contribution in [0.5, 0.6) is 0 Å². The molecule has 22 heavy (non-hydrogen) atoms. The molecular formula is C19H18N2O. The summed E-state index contributed by atoms with van der Waals surface area (Å²) in [5, 5.41) is 0. The Kier molecular flexibility index (Phi) is 3.49. The number of nitrogens with zero attached hydrogens (tertiary/aromatic N) is 2. The molecule has 0 N–H and O–H groups in total. The van der Waals surface area contributed by atoms with E-state index in [9.17, 15) is 0 Å². The molecule has 0 bridgehead atoms. The lowest BCUT2D eigenvalue weighted by Gasteiger charge is -2.34. The van der Waals surface area contributed by atoms with Gasteiger partial charge in [-0.3, -0.25) is 4.90 Å². The van der Waals surface area contributed by atoms with Crippen molar-refractivity contribution in [1.82, 2.24) is 9.88 Å². The molecule has 4 rings (SSSR count). The minimum absolute atomic E-state index is 0.415. The maximum absolute atomic E-state index is 5.10. The second-order valence-corrected chi connectivity index (χ2v) is 5.81. The van der Waals surface area contributed by atoms with Crippen LogP contribution in [-0.2, 0) is 13.1 Å². The van der Waals surface area contributed by atoms with Crippen LogP contribution in [0.4, 0.5) is 0 Å². The lowest BCUT2D eigenvalue weighted by Crippen LogP contribution is -2.33. The average molecular weight is 290 g/mol. The van der Waals surface area contributed by atoms with Crippen molar-refractivity contribution in [3.63, 3.8) is 0 Å². The number of aromatic nitrogens is 1. The number of fused-ring (bicyclic) bond motifs is 1. The molecule has 3 aromatic rings. The Labute approximate surface area is 130 Å². The normalized spacial score (nSPS) is 18.1. The molecule has 3 heteroatoms. The molecule has 0 radical (unpaired) electrons. The molecule has 1 aliphatic rings. The fourth-order valence-corrected chi connectivity index (χ4v) is 3.32. The Morgan fingerprint density at radius 2 is 1.86 bits per heavy atom. The van der Waals surface area contributed by atoms with Crippen LogP contribution in [0.15, 0.2) is 71.7 Å². The van der Waals surface area contributed by atoms with Crippen LogP contribution in [0.3, 0.4) is 0 Å². The van der Waals surface area contributed by atoms with Gasteiger partial charge in [-0.25, -0.2) is 4.98 Å². The van der Waals surface area contributed by atoms with Crippen LogP contribution in [0, 0.1) is 0 Å². The lowest BCUT2D eigenvalue weighted by molar-refractivity contribution is 0.229. The first-order chi connectivity index (χ1) is 10.9. The van der Waals surface area contributed by atoms with Crippen LogP contribution >= 0.6 is 0 Å². The van der Waals surface area contributed by atoms with E-state index >= 15 is 0 Å². The zero-order valence-electron chi connectivity index (χ0n) is 12.4. The summed E-state index contributed by atoms with van der Waals surface area (Å²) in [6, 6.07) is 19.5. The van der Waals surface area contributed by atoms with Crippen molar-refractivity contribution in [3.05, 3.63) is 89.6 Å². The molecule has 1 aromatic heterocycles. The first kappa shape index (κ1) is 13.3. The Morgan fingerprint density at radius 1 is 1.05 bits per heavy atom. The SMILES string of the molecule is c1ccc(C2CN(Cc3cocn3)Cc3ccccc32)cc1. The van der Waals surface area contributed by atoms with E-state index in [2.05, 4.69) is 64.5 Å². The van der Waals surface area contributed by atoms with Gasteiger partial charge in [-0.2, -0.15) is 0 Å². The van der Waals surface area contributed by atoms with Gasteiger partial charge < -0.3 is 4.42 Å². The van der Waals surface area contributed by atoms with Gasteiger partial charge in [-0.15, -0.1) is 0 Å². The molecule has 0 saturated heterocycles. The van der Waals surface area contributed by atoms with Crippen molar-refractivity contribution < 1.29 is 4.42 Å². The summed E-state index contributed by atoms with van der Waals surface area (Å²) in [5.41, 5.74) is 5.22. The molecule has 0 spiro atoms. The van der Waals surface area contributed by atoms with Gasteiger partial charge >= 0.3 is 0 Å². The van der Waals surface area contributed by atoms with Gasteiger partial charge in [0.15, 0.2) is 6.39 Å². The molecule has 3 nitrogen and oxygen atoms in total. The number of oxazole rings is 1. The summed E-state index contributed by atoms with van der Waals surface area (Å²) in [7, 11) is 0. The third-order valence-electron chi connectivity index (χ3n) is 4.34. The standard InChI is InChI=1S/C19H18N2O/c1-2-6-15(7-3-1)19-12-21(11-17-13-22-14-20-17)10-16-8-4-5-9-18(16)19/h1-9,13-14,19H,10-12H2. The van der Waals surface area contributed by atoms with Crippen molar-refractivity contribution in [3.8, 4) is 0 Å². The van der Waals surface area contributed by atoms with Crippen LogP contribution < -0.4 is 0 Å². The van der Waals surface area contributed by atoms with Gasteiger partial charge in [0.2, 0.25) is 0 Å². The predicted molar refractivity (Wildman–Crippen MR) is 85.3 cm³/mol. The van der Waals surface area contributed by atoms with E-state index in [0.29, 0.717) is 5.92 Å². The second kappa shape index (κ2) is 5.78. The van der Waals surface area contributed by atoms with Gasteiger partial charge in [0.25, 0.3) is 0 Å². The maximum atomic E-state index is 5.10. The smallest absolute Gasteiger partial charge is 0.180 e. The molecule has 0 fully saturated rings. The van der Waals surface area contributed by atoms with Crippen molar-refractivity contribution in [1.29, 1.82) is 0 Å². The molecule has 1 unspecified atom stereocenters. The molecule has 1 atom stereocenters. The monoisotopic (exact) mass is 290 g/mol. The van der Waals surface area contributed by atoms with Crippen LogP contribution in [-0.4, -0.2) is 16.4 Å². The third-order valence-corrected chi connectivity index (χ3v) is 4.34. The molecule has 1 aliphatic heterocycles. The Hall–Kier alpha value is -2.39. The van der Waals surface area contributed by atoms with Gasteiger partial charge in [0, 0.05) is 25.6 Å². The van der Waals surface area contributed by atoms with Crippen LogP contribution in [0.25, 0.3) is 0 Å². The summed E-state index contributed by atoms with van der Waals surface area (Å²) in [6.45, 7) is 2.80. The zero-order valence-corrected chi connectivity index (χ0v) is 12.4. The number of benzene rings is 2. The molecule has 0 saturated carbocycles. The average Bonchev–Trinajstić information content (AvgIpc) is 3.08. The van der Waals surface area contributed by atoms with Crippen LogP contribution in [0.1, 0.15) is 28.3 Å². The topological polar surface area (TPSA) is 29.3 Å². The number of hydrogen-bond donors (Lipinski definition) is 0. The zero-order chi connectivity index (χ0) is 14.8. The highest BCUT2D eigenvalue weighted by atomic mass is 16.3. The number of hydrogen-bond acceptors (Lipinski definition) is 3. The molecular weight excluding hydrogens is 272 g/mol. The highest BCUT2D eigenvalue weighted by molar-refractivity contribution is 5.40. The van der Waals surface area contributed by atoms with Gasteiger partial charge in [-0.05, 0) is 16.7 Å². The van der Waals surface area contributed by atoms with E-state index in [1.807, 2.05) is 0 Å². The molecule has 110 valence electrons.